The highest BCUT2D eigenvalue weighted by molar-refractivity contribution is 7.92. The van der Waals surface area contributed by atoms with E-state index in [1.807, 2.05) is 0 Å². The van der Waals surface area contributed by atoms with Gasteiger partial charge in [-0.3, -0.25) is 0 Å². The maximum absolute atomic E-state index is 11.6. The van der Waals surface area contributed by atoms with E-state index in [4.69, 9.17) is 11.6 Å². The van der Waals surface area contributed by atoms with E-state index in [0.717, 1.165) is 24.8 Å². The molecular formula is C13H18ClNO2S. The summed E-state index contributed by atoms with van der Waals surface area (Å²) in [6, 6.07) is 6.99. The fourth-order valence-electron chi connectivity index (χ4n) is 1.38. The summed E-state index contributed by atoms with van der Waals surface area (Å²) in [6.45, 7) is 2.57. The van der Waals surface area contributed by atoms with Gasteiger partial charge in [0.05, 0.1) is 0 Å². The fourth-order valence-corrected chi connectivity index (χ4v) is 2.37. The number of hydrogen-bond donors (Lipinski definition) is 1. The zero-order valence-electron chi connectivity index (χ0n) is 10.4. The Morgan fingerprint density at radius 3 is 2.50 bits per heavy atom. The molecule has 0 saturated heterocycles. The molecule has 0 aliphatic carbocycles. The van der Waals surface area contributed by atoms with Gasteiger partial charge in [0.1, 0.15) is 0 Å². The van der Waals surface area contributed by atoms with Gasteiger partial charge < -0.3 is 0 Å². The molecule has 3 nitrogen and oxygen atoms in total. The van der Waals surface area contributed by atoms with Crippen molar-refractivity contribution >= 4 is 27.7 Å². The van der Waals surface area contributed by atoms with Crippen molar-refractivity contribution in [2.24, 2.45) is 0 Å². The maximum atomic E-state index is 11.6. The van der Waals surface area contributed by atoms with Gasteiger partial charge in [-0.25, -0.2) is 13.1 Å². The molecule has 1 N–H and O–H groups in total. The van der Waals surface area contributed by atoms with Gasteiger partial charge in [0.15, 0.2) is 0 Å². The smallest absolute Gasteiger partial charge is 0.212 e. The first kappa shape index (κ1) is 15.2. The number of benzene rings is 1. The molecule has 0 saturated carbocycles. The largest absolute Gasteiger partial charge is 0.233 e. The highest BCUT2D eigenvalue weighted by Crippen LogP contribution is 2.11. The molecule has 100 valence electrons. The summed E-state index contributed by atoms with van der Waals surface area (Å²) in [5.41, 5.74) is 0.804. The summed E-state index contributed by atoms with van der Waals surface area (Å²) in [7, 11) is -3.33. The zero-order valence-corrected chi connectivity index (χ0v) is 12.0. The van der Waals surface area contributed by atoms with Crippen molar-refractivity contribution < 1.29 is 8.42 Å². The van der Waals surface area contributed by atoms with E-state index < -0.39 is 10.0 Å². The third-order valence-corrected chi connectivity index (χ3v) is 3.75. The molecule has 18 heavy (non-hydrogen) atoms. The first-order valence-corrected chi connectivity index (χ1v) is 7.89. The predicted octanol–water partition coefficient (Wildman–Crippen LogP) is 3.42. The Hall–Kier alpha value is -0.840. The Morgan fingerprint density at radius 1 is 1.22 bits per heavy atom. The average molecular weight is 288 g/mol. The molecule has 0 amide bonds. The second-order valence-electron chi connectivity index (χ2n) is 4.00. The van der Waals surface area contributed by atoms with E-state index in [-0.39, 0.29) is 0 Å². The van der Waals surface area contributed by atoms with Crippen molar-refractivity contribution in [2.45, 2.75) is 26.2 Å². The van der Waals surface area contributed by atoms with Crippen molar-refractivity contribution in [2.75, 3.05) is 6.54 Å². The van der Waals surface area contributed by atoms with Gasteiger partial charge in [-0.05, 0) is 30.2 Å². The van der Waals surface area contributed by atoms with E-state index >= 15 is 0 Å². The lowest BCUT2D eigenvalue weighted by Crippen LogP contribution is -2.22. The lowest BCUT2D eigenvalue weighted by molar-refractivity contribution is 0.585. The van der Waals surface area contributed by atoms with Crippen molar-refractivity contribution in [3.63, 3.8) is 0 Å². The Bertz CT molecular complexity index is 480. The van der Waals surface area contributed by atoms with Gasteiger partial charge in [-0.2, -0.15) is 0 Å². The number of unbranched alkanes of at least 4 members (excludes halogenated alkanes) is 2. The van der Waals surface area contributed by atoms with Crippen LogP contribution in [0.1, 0.15) is 31.7 Å². The van der Waals surface area contributed by atoms with Gasteiger partial charge in [0, 0.05) is 17.0 Å². The first-order valence-electron chi connectivity index (χ1n) is 5.97. The van der Waals surface area contributed by atoms with E-state index in [2.05, 4.69) is 11.6 Å². The molecule has 0 aliphatic rings. The molecule has 5 heteroatoms. The van der Waals surface area contributed by atoms with Crippen LogP contribution in [-0.2, 0) is 10.0 Å². The van der Waals surface area contributed by atoms with Crippen LogP contribution in [0.3, 0.4) is 0 Å². The third-order valence-electron chi connectivity index (χ3n) is 2.39. The normalized spacial score (nSPS) is 12.1. The van der Waals surface area contributed by atoms with Gasteiger partial charge in [-0.1, -0.05) is 43.5 Å². The minimum Gasteiger partial charge on any atom is -0.212 e. The van der Waals surface area contributed by atoms with Gasteiger partial charge in [0.25, 0.3) is 0 Å². The van der Waals surface area contributed by atoms with E-state index in [0.29, 0.717) is 11.6 Å². The SMILES string of the molecule is CCCCCNS(=O)(=O)/C=C/c1ccc(Cl)cc1. The molecule has 0 atom stereocenters. The molecule has 0 heterocycles. The Kier molecular flexibility index (Phi) is 6.39. The summed E-state index contributed by atoms with van der Waals surface area (Å²) in [4.78, 5) is 0. The number of nitrogens with one attached hydrogen (secondary N) is 1. The Morgan fingerprint density at radius 2 is 1.89 bits per heavy atom. The molecule has 0 aliphatic heterocycles. The summed E-state index contributed by atoms with van der Waals surface area (Å²) in [5.74, 6) is 0. The number of hydrogen-bond acceptors (Lipinski definition) is 2. The summed E-state index contributed by atoms with van der Waals surface area (Å²) < 4.78 is 25.8. The summed E-state index contributed by atoms with van der Waals surface area (Å²) in [5, 5.41) is 1.81. The van der Waals surface area contributed by atoms with Gasteiger partial charge in [0.2, 0.25) is 10.0 Å². The van der Waals surface area contributed by atoms with E-state index in [1.165, 1.54) is 5.41 Å². The van der Waals surface area contributed by atoms with Crippen molar-refractivity contribution in [3.8, 4) is 0 Å². The van der Waals surface area contributed by atoms with Crippen LogP contribution in [0.4, 0.5) is 0 Å². The van der Waals surface area contributed by atoms with Crippen molar-refractivity contribution in [1.82, 2.24) is 4.72 Å². The fraction of sp³-hybridized carbons (Fsp3) is 0.385. The average Bonchev–Trinajstić information content (AvgIpc) is 2.34. The lowest BCUT2D eigenvalue weighted by Gasteiger charge is -2.01. The van der Waals surface area contributed by atoms with Gasteiger partial charge >= 0.3 is 0 Å². The Balaban J connectivity index is 2.51. The molecule has 0 radical (unpaired) electrons. The summed E-state index contributed by atoms with van der Waals surface area (Å²) >= 11 is 5.75. The van der Waals surface area contributed by atoms with Gasteiger partial charge in [-0.15, -0.1) is 0 Å². The number of halogens is 1. The predicted molar refractivity (Wildman–Crippen MR) is 76.9 cm³/mol. The molecule has 0 bridgehead atoms. The number of rotatable bonds is 7. The van der Waals surface area contributed by atoms with Crippen LogP contribution in [0.2, 0.25) is 5.02 Å². The van der Waals surface area contributed by atoms with Crippen LogP contribution >= 0.6 is 11.6 Å². The quantitative estimate of drug-likeness (QED) is 0.781. The van der Waals surface area contributed by atoms with Crippen LogP contribution in [0.25, 0.3) is 6.08 Å². The van der Waals surface area contributed by atoms with Crippen LogP contribution in [0.5, 0.6) is 0 Å². The standard InChI is InChI=1S/C13H18ClNO2S/c1-2-3-4-10-15-18(16,17)11-9-12-5-7-13(14)8-6-12/h5-9,11,15H,2-4,10H2,1H3/b11-9+. The lowest BCUT2D eigenvalue weighted by atomic mass is 10.2. The molecule has 0 unspecified atom stereocenters. The summed E-state index contributed by atoms with van der Waals surface area (Å²) in [6.07, 6.45) is 4.52. The van der Waals surface area contributed by atoms with Crippen molar-refractivity contribution in [3.05, 3.63) is 40.3 Å². The van der Waals surface area contributed by atoms with Crippen LogP contribution < -0.4 is 4.72 Å². The Labute approximate surface area is 114 Å². The first-order chi connectivity index (χ1) is 8.53. The topological polar surface area (TPSA) is 46.2 Å². The van der Waals surface area contributed by atoms with Crippen molar-refractivity contribution in [1.29, 1.82) is 0 Å². The highest BCUT2D eigenvalue weighted by Gasteiger charge is 2.03. The zero-order chi connectivity index (χ0) is 13.4. The minimum absolute atomic E-state index is 0.487. The molecule has 0 spiro atoms. The molecular weight excluding hydrogens is 270 g/mol. The van der Waals surface area contributed by atoms with E-state index in [9.17, 15) is 8.42 Å². The molecule has 1 aromatic carbocycles. The molecule has 0 fully saturated rings. The monoisotopic (exact) mass is 287 g/mol. The van der Waals surface area contributed by atoms with Crippen LogP contribution in [0.15, 0.2) is 29.7 Å². The van der Waals surface area contributed by atoms with Crippen LogP contribution in [-0.4, -0.2) is 15.0 Å². The number of sulfonamides is 1. The molecule has 1 rings (SSSR count). The third kappa shape index (κ3) is 6.19. The van der Waals surface area contributed by atoms with E-state index in [1.54, 1.807) is 30.3 Å². The maximum Gasteiger partial charge on any atom is 0.233 e. The minimum atomic E-state index is -3.33. The highest BCUT2D eigenvalue weighted by atomic mass is 35.5. The second-order valence-corrected chi connectivity index (χ2v) is 6.09. The second kappa shape index (κ2) is 7.56. The van der Waals surface area contributed by atoms with Crippen LogP contribution in [0, 0.1) is 0 Å². The molecule has 0 aromatic heterocycles. The molecule has 1 aromatic rings.